The molecular weight excluding hydrogens is 320 g/mol. The van der Waals surface area contributed by atoms with E-state index in [9.17, 15) is 9.59 Å². The molecular formula is C19H26N2O4. The van der Waals surface area contributed by atoms with Gasteiger partial charge in [0.15, 0.2) is 0 Å². The number of carbonyl (C=O) groups excluding carboxylic acids is 2. The van der Waals surface area contributed by atoms with Gasteiger partial charge in [0.2, 0.25) is 0 Å². The van der Waals surface area contributed by atoms with Crippen LogP contribution in [0.2, 0.25) is 0 Å². The predicted octanol–water partition coefficient (Wildman–Crippen LogP) is 3.58. The highest BCUT2D eigenvalue weighted by Crippen LogP contribution is 2.30. The summed E-state index contributed by atoms with van der Waals surface area (Å²) in [4.78, 5) is 27.9. The Morgan fingerprint density at radius 1 is 1.16 bits per heavy atom. The van der Waals surface area contributed by atoms with Crippen molar-refractivity contribution in [1.82, 2.24) is 9.80 Å². The third-order valence-corrected chi connectivity index (χ3v) is 4.57. The Balaban J connectivity index is 1.55. The molecule has 0 aromatic heterocycles. The summed E-state index contributed by atoms with van der Waals surface area (Å²) < 4.78 is 11.0. The minimum Gasteiger partial charge on any atom is -0.444 e. The van der Waals surface area contributed by atoms with Crippen LogP contribution >= 0.6 is 0 Å². The second-order valence-corrected chi connectivity index (χ2v) is 7.63. The van der Waals surface area contributed by atoms with Crippen LogP contribution in [-0.2, 0) is 9.47 Å². The molecule has 6 heteroatoms. The van der Waals surface area contributed by atoms with Crippen molar-refractivity contribution in [3.05, 3.63) is 35.9 Å². The zero-order chi connectivity index (χ0) is 18.0. The Hall–Kier alpha value is -2.24. The van der Waals surface area contributed by atoms with Crippen LogP contribution in [-0.4, -0.2) is 53.3 Å². The smallest absolute Gasteiger partial charge is 0.410 e. The molecule has 2 amide bonds. The van der Waals surface area contributed by atoms with Crippen LogP contribution in [0, 0.1) is 0 Å². The van der Waals surface area contributed by atoms with Gasteiger partial charge >= 0.3 is 12.2 Å². The van der Waals surface area contributed by atoms with Gasteiger partial charge in [0.05, 0.1) is 6.54 Å². The Labute approximate surface area is 148 Å². The van der Waals surface area contributed by atoms with E-state index >= 15 is 0 Å². The number of piperidine rings is 1. The molecule has 0 bridgehead atoms. The third-order valence-electron chi connectivity index (χ3n) is 4.57. The summed E-state index contributed by atoms with van der Waals surface area (Å²) in [7, 11) is 0. The highest BCUT2D eigenvalue weighted by molar-refractivity contribution is 5.71. The van der Waals surface area contributed by atoms with E-state index in [0.717, 1.165) is 18.4 Å². The van der Waals surface area contributed by atoms with Gasteiger partial charge in [-0.05, 0) is 39.2 Å². The van der Waals surface area contributed by atoms with Crippen LogP contribution < -0.4 is 0 Å². The summed E-state index contributed by atoms with van der Waals surface area (Å²) in [6.07, 6.45) is 0.741. The minimum absolute atomic E-state index is 0.111. The lowest BCUT2D eigenvalue weighted by molar-refractivity contribution is 0.0168. The molecule has 0 spiro atoms. The molecule has 2 aliphatic rings. The van der Waals surface area contributed by atoms with Crippen molar-refractivity contribution in [1.29, 1.82) is 0 Å². The molecule has 0 radical (unpaired) electrons. The number of rotatable bonds is 2. The summed E-state index contributed by atoms with van der Waals surface area (Å²) in [6.45, 7) is 7.35. The number of nitrogens with zero attached hydrogens (tertiary/aromatic N) is 2. The zero-order valence-electron chi connectivity index (χ0n) is 15.1. The molecule has 6 nitrogen and oxygen atoms in total. The SMILES string of the molecule is CC(C)(C)OC(=O)N1CCC(N2C[C@H](c3ccccc3)OC2=O)CC1. The molecule has 0 N–H and O–H groups in total. The monoisotopic (exact) mass is 346 g/mol. The zero-order valence-corrected chi connectivity index (χ0v) is 15.1. The average Bonchev–Trinajstić information content (AvgIpc) is 2.96. The summed E-state index contributed by atoms with van der Waals surface area (Å²) in [5, 5.41) is 0. The topological polar surface area (TPSA) is 59.1 Å². The lowest BCUT2D eigenvalue weighted by Crippen LogP contribution is -2.48. The first-order valence-electron chi connectivity index (χ1n) is 8.83. The Kier molecular flexibility index (Phi) is 4.88. The molecule has 1 atom stereocenters. The van der Waals surface area contributed by atoms with Crippen LogP contribution in [0.25, 0.3) is 0 Å². The van der Waals surface area contributed by atoms with Crippen LogP contribution in [0.3, 0.4) is 0 Å². The Morgan fingerprint density at radius 3 is 2.40 bits per heavy atom. The molecule has 0 unspecified atom stereocenters. The van der Waals surface area contributed by atoms with Crippen molar-refractivity contribution in [3.8, 4) is 0 Å². The first kappa shape index (κ1) is 17.6. The second kappa shape index (κ2) is 6.94. The number of cyclic esters (lactones) is 1. The van der Waals surface area contributed by atoms with E-state index in [1.165, 1.54) is 0 Å². The van der Waals surface area contributed by atoms with E-state index in [1.54, 1.807) is 4.90 Å². The lowest BCUT2D eigenvalue weighted by Gasteiger charge is -2.36. The lowest BCUT2D eigenvalue weighted by atomic mass is 10.0. The van der Waals surface area contributed by atoms with Crippen molar-refractivity contribution in [2.45, 2.75) is 51.4 Å². The first-order chi connectivity index (χ1) is 11.8. The maximum Gasteiger partial charge on any atom is 0.410 e. The fraction of sp³-hybridized carbons (Fsp3) is 0.579. The summed E-state index contributed by atoms with van der Waals surface area (Å²) in [5.74, 6) is 0. The van der Waals surface area contributed by atoms with Crippen molar-refractivity contribution < 1.29 is 19.1 Å². The van der Waals surface area contributed by atoms with Crippen LogP contribution in [0.15, 0.2) is 30.3 Å². The van der Waals surface area contributed by atoms with Gasteiger partial charge in [-0.25, -0.2) is 9.59 Å². The van der Waals surface area contributed by atoms with Crippen LogP contribution in [0.4, 0.5) is 9.59 Å². The third kappa shape index (κ3) is 4.24. The van der Waals surface area contributed by atoms with Gasteiger partial charge in [0, 0.05) is 19.1 Å². The molecule has 2 aliphatic heterocycles. The molecule has 136 valence electrons. The van der Waals surface area contributed by atoms with E-state index in [2.05, 4.69) is 0 Å². The number of hydrogen-bond donors (Lipinski definition) is 0. The van der Waals surface area contributed by atoms with Gasteiger partial charge in [-0.3, -0.25) is 0 Å². The highest BCUT2D eigenvalue weighted by atomic mass is 16.6. The maximum absolute atomic E-state index is 12.3. The molecule has 2 saturated heterocycles. The van der Waals surface area contributed by atoms with Gasteiger partial charge in [-0.2, -0.15) is 0 Å². The number of amides is 2. The first-order valence-corrected chi connectivity index (χ1v) is 8.83. The van der Waals surface area contributed by atoms with Gasteiger partial charge < -0.3 is 19.3 Å². The molecule has 25 heavy (non-hydrogen) atoms. The fourth-order valence-electron chi connectivity index (χ4n) is 3.31. The van der Waals surface area contributed by atoms with Crippen LogP contribution in [0.1, 0.15) is 45.3 Å². The van der Waals surface area contributed by atoms with E-state index in [0.29, 0.717) is 19.6 Å². The normalized spacial score (nSPS) is 22.0. The van der Waals surface area contributed by atoms with Gasteiger partial charge in [0.1, 0.15) is 11.7 Å². The molecule has 3 rings (SSSR count). The van der Waals surface area contributed by atoms with E-state index in [4.69, 9.17) is 9.47 Å². The highest BCUT2D eigenvalue weighted by Gasteiger charge is 2.39. The molecule has 2 fully saturated rings. The molecule has 1 aromatic rings. The van der Waals surface area contributed by atoms with Gasteiger partial charge in [-0.15, -0.1) is 0 Å². The largest absolute Gasteiger partial charge is 0.444 e. The summed E-state index contributed by atoms with van der Waals surface area (Å²) in [5.41, 5.74) is 0.528. The van der Waals surface area contributed by atoms with Gasteiger partial charge in [0.25, 0.3) is 0 Å². The average molecular weight is 346 g/mol. The second-order valence-electron chi connectivity index (χ2n) is 7.63. The number of hydrogen-bond acceptors (Lipinski definition) is 4. The number of likely N-dealkylation sites (tertiary alicyclic amines) is 1. The Morgan fingerprint density at radius 2 is 1.80 bits per heavy atom. The molecule has 0 saturated carbocycles. The molecule has 1 aromatic carbocycles. The van der Waals surface area contributed by atoms with Crippen molar-refractivity contribution in [2.75, 3.05) is 19.6 Å². The summed E-state index contributed by atoms with van der Waals surface area (Å²) >= 11 is 0. The molecule has 0 aliphatic carbocycles. The number of benzene rings is 1. The van der Waals surface area contributed by atoms with Gasteiger partial charge in [-0.1, -0.05) is 30.3 Å². The van der Waals surface area contributed by atoms with Crippen molar-refractivity contribution in [2.24, 2.45) is 0 Å². The van der Waals surface area contributed by atoms with E-state index < -0.39 is 5.60 Å². The minimum atomic E-state index is -0.490. The van der Waals surface area contributed by atoms with Crippen molar-refractivity contribution >= 4 is 12.2 Å². The van der Waals surface area contributed by atoms with E-state index in [1.807, 2.05) is 56.0 Å². The summed E-state index contributed by atoms with van der Waals surface area (Å²) in [6, 6.07) is 9.92. The Bertz CT molecular complexity index is 618. The quantitative estimate of drug-likeness (QED) is 0.821. The van der Waals surface area contributed by atoms with E-state index in [-0.39, 0.29) is 24.3 Å². The fourth-order valence-corrected chi connectivity index (χ4v) is 3.31. The molecule has 2 heterocycles. The number of ether oxygens (including phenoxy) is 2. The number of carbonyl (C=O) groups is 2. The predicted molar refractivity (Wildman–Crippen MR) is 93.2 cm³/mol. The maximum atomic E-state index is 12.3. The van der Waals surface area contributed by atoms with Crippen LogP contribution in [0.5, 0.6) is 0 Å². The standard InChI is InChI=1S/C19H26N2O4/c1-19(2,3)25-17(22)20-11-9-15(10-12-20)21-13-16(24-18(21)23)14-7-5-4-6-8-14/h4-8,15-16H,9-13H2,1-3H3/t16-/m1/s1. The van der Waals surface area contributed by atoms with Crippen molar-refractivity contribution in [3.63, 3.8) is 0 Å².